The number of rotatable bonds is 10. The van der Waals surface area contributed by atoms with E-state index in [2.05, 4.69) is 33.7 Å². The quantitative estimate of drug-likeness (QED) is 0.536. The number of hydrogen-bond acceptors (Lipinski definition) is 6. The van der Waals surface area contributed by atoms with Gasteiger partial charge in [-0.05, 0) is 37.7 Å². The maximum Gasteiger partial charge on any atom is 0.225 e. The summed E-state index contributed by atoms with van der Waals surface area (Å²) in [7, 11) is 2.09. The van der Waals surface area contributed by atoms with E-state index in [1.54, 1.807) is 12.1 Å². The Hall–Kier alpha value is -2.13. The van der Waals surface area contributed by atoms with Gasteiger partial charge in [0, 0.05) is 69.1 Å². The predicted molar refractivity (Wildman–Crippen MR) is 137 cm³/mol. The predicted octanol–water partition coefficient (Wildman–Crippen LogP) is 3.22. The molecular weight excluding hydrogens is 466 g/mol. The van der Waals surface area contributed by atoms with Gasteiger partial charge in [-0.3, -0.25) is 9.69 Å². The summed E-state index contributed by atoms with van der Waals surface area (Å²) in [5.74, 6) is 1.89. The van der Waals surface area contributed by atoms with Crippen molar-refractivity contribution in [3.63, 3.8) is 0 Å². The molecule has 192 valence electrons. The molecule has 1 atom stereocenters. The molecule has 2 aromatic rings. The second kappa shape index (κ2) is 12.2. The molecule has 9 heteroatoms. The second-order valence-electron chi connectivity index (χ2n) is 9.80. The van der Waals surface area contributed by atoms with E-state index in [0.29, 0.717) is 31.2 Å². The zero-order chi connectivity index (χ0) is 24.7. The molecule has 0 bridgehead atoms. The number of aromatic nitrogens is 2. The first-order chi connectivity index (χ1) is 16.9. The molecule has 1 amide bonds. The number of amides is 1. The van der Waals surface area contributed by atoms with Crippen molar-refractivity contribution in [2.75, 3.05) is 59.5 Å². The van der Waals surface area contributed by atoms with Crippen molar-refractivity contribution >= 4 is 17.5 Å². The van der Waals surface area contributed by atoms with Crippen LogP contribution in [0.15, 0.2) is 30.5 Å². The van der Waals surface area contributed by atoms with Crippen molar-refractivity contribution < 1.29 is 14.3 Å². The summed E-state index contributed by atoms with van der Waals surface area (Å²) >= 11 is 6.03. The monoisotopic (exact) mass is 503 g/mol. The van der Waals surface area contributed by atoms with Gasteiger partial charge in [0.25, 0.3) is 0 Å². The summed E-state index contributed by atoms with van der Waals surface area (Å²) in [6.07, 6.45) is 5.48. The normalized spacial score (nSPS) is 21.9. The fourth-order valence-corrected chi connectivity index (χ4v) is 4.82. The Morgan fingerprint density at radius 1 is 1.20 bits per heavy atom. The maximum atomic E-state index is 13.3. The number of imidazole rings is 1. The fourth-order valence-electron chi connectivity index (χ4n) is 4.69. The summed E-state index contributed by atoms with van der Waals surface area (Å²) in [5, 5.41) is 0.662. The molecule has 0 saturated carbocycles. The third kappa shape index (κ3) is 7.43. The van der Waals surface area contributed by atoms with Crippen LogP contribution < -0.4 is 4.74 Å². The van der Waals surface area contributed by atoms with Gasteiger partial charge in [-0.1, -0.05) is 24.9 Å². The van der Waals surface area contributed by atoms with Crippen LogP contribution in [0.2, 0.25) is 5.02 Å². The summed E-state index contributed by atoms with van der Waals surface area (Å²) < 4.78 is 12.5. The molecule has 1 N–H and O–H groups in total. The first-order valence-corrected chi connectivity index (χ1v) is 13.1. The van der Waals surface area contributed by atoms with Crippen LogP contribution in [-0.2, 0) is 22.5 Å². The van der Waals surface area contributed by atoms with Gasteiger partial charge >= 0.3 is 0 Å². The smallest absolute Gasteiger partial charge is 0.225 e. The van der Waals surface area contributed by atoms with E-state index in [4.69, 9.17) is 21.1 Å². The van der Waals surface area contributed by atoms with E-state index < -0.39 is 5.60 Å². The number of morpholine rings is 1. The number of nitrogens with one attached hydrogen (secondary N) is 1. The van der Waals surface area contributed by atoms with Crippen LogP contribution in [0.1, 0.15) is 37.7 Å². The third-order valence-corrected chi connectivity index (χ3v) is 7.07. The molecular formula is C26H38ClN5O3. The number of H-pyrrole nitrogens is 1. The molecule has 35 heavy (non-hydrogen) atoms. The molecule has 4 rings (SSSR count). The van der Waals surface area contributed by atoms with E-state index in [1.807, 2.05) is 23.2 Å². The fraction of sp³-hybridized carbons (Fsp3) is 0.615. The number of carbonyl (C=O) groups excluding carboxylic acids is 1. The molecule has 0 spiro atoms. The van der Waals surface area contributed by atoms with Gasteiger partial charge < -0.3 is 24.3 Å². The lowest BCUT2D eigenvalue weighted by molar-refractivity contribution is -0.158. The van der Waals surface area contributed by atoms with Crippen LogP contribution in [0.25, 0.3) is 0 Å². The molecule has 2 saturated heterocycles. The van der Waals surface area contributed by atoms with Crippen molar-refractivity contribution in [3.05, 3.63) is 47.0 Å². The van der Waals surface area contributed by atoms with Crippen molar-refractivity contribution in [3.8, 4) is 5.75 Å². The standard InChI is InChI=1S/C26H38ClN5O3/c1-3-4-5-24-28-17-22(29-24)18-31-14-15-35-26(19-31,20-34-23-8-6-21(27)7-9-23)16-25(33)32-12-10-30(2)11-13-32/h6-9,17H,3-5,10-16,18-20H2,1-2H3,(H,28,29)/t26-/m1/s1. The topological polar surface area (TPSA) is 73.9 Å². The minimum atomic E-state index is -0.719. The molecule has 0 radical (unpaired) electrons. The molecule has 8 nitrogen and oxygen atoms in total. The SMILES string of the molecule is CCCCc1ncc(CN2CCO[C@](COc3ccc(Cl)cc3)(CC(=O)N3CCN(C)CC3)C2)[nH]1. The molecule has 1 aromatic carbocycles. The Labute approximate surface area is 213 Å². The highest BCUT2D eigenvalue weighted by atomic mass is 35.5. The van der Waals surface area contributed by atoms with Crippen molar-refractivity contribution in [2.24, 2.45) is 0 Å². The number of aromatic amines is 1. The number of aryl methyl sites for hydroxylation is 1. The Morgan fingerprint density at radius 2 is 1.97 bits per heavy atom. The number of carbonyl (C=O) groups is 1. The van der Waals surface area contributed by atoms with Gasteiger partial charge in [-0.15, -0.1) is 0 Å². The van der Waals surface area contributed by atoms with Gasteiger partial charge in [0.15, 0.2) is 0 Å². The van der Waals surface area contributed by atoms with Crippen LogP contribution in [-0.4, -0.2) is 95.7 Å². The first kappa shape index (κ1) is 25.9. The van der Waals surface area contributed by atoms with Crippen LogP contribution >= 0.6 is 11.6 Å². The highest BCUT2D eigenvalue weighted by Crippen LogP contribution is 2.27. The van der Waals surface area contributed by atoms with Crippen molar-refractivity contribution in [1.29, 1.82) is 0 Å². The summed E-state index contributed by atoms with van der Waals surface area (Å²) in [4.78, 5) is 27.9. The molecule has 2 fully saturated rings. The van der Waals surface area contributed by atoms with Gasteiger partial charge in [0.05, 0.1) is 13.0 Å². The van der Waals surface area contributed by atoms with Gasteiger partial charge in [-0.25, -0.2) is 4.98 Å². The summed E-state index contributed by atoms with van der Waals surface area (Å²) in [6, 6.07) is 7.31. The number of nitrogens with zero attached hydrogens (tertiary/aromatic N) is 4. The largest absolute Gasteiger partial charge is 0.491 e. The number of ether oxygens (including phenoxy) is 2. The third-order valence-electron chi connectivity index (χ3n) is 6.81. The molecule has 3 heterocycles. The maximum absolute atomic E-state index is 13.3. The molecule has 1 aromatic heterocycles. The lowest BCUT2D eigenvalue weighted by Crippen LogP contribution is -2.58. The van der Waals surface area contributed by atoms with E-state index in [9.17, 15) is 4.79 Å². The number of hydrogen-bond donors (Lipinski definition) is 1. The summed E-state index contributed by atoms with van der Waals surface area (Å²) in [6.45, 7) is 8.49. The Morgan fingerprint density at radius 3 is 2.71 bits per heavy atom. The van der Waals surface area contributed by atoms with Crippen LogP contribution in [0.3, 0.4) is 0 Å². The number of benzene rings is 1. The highest BCUT2D eigenvalue weighted by molar-refractivity contribution is 6.30. The zero-order valence-corrected chi connectivity index (χ0v) is 21.7. The number of unbranched alkanes of at least 4 members (excludes halogenated alkanes) is 1. The average Bonchev–Trinajstić information content (AvgIpc) is 3.30. The van der Waals surface area contributed by atoms with Gasteiger partial charge in [0.2, 0.25) is 5.91 Å². The summed E-state index contributed by atoms with van der Waals surface area (Å²) in [5.41, 5.74) is 0.375. The van der Waals surface area contributed by atoms with Crippen LogP contribution in [0.4, 0.5) is 0 Å². The molecule has 2 aliphatic heterocycles. The number of piperazine rings is 1. The van der Waals surface area contributed by atoms with Crippen LogP contribution in [0.5, 0.6) is 5.75 Å². The van der Waals surface area contributed by atoms with E-state index >= 15 is 0 Å². The van der Waals surface area contributed by atoms with Crippen LogP contribution in [0, 0.1) is 0 Å². The van der Waals surface area contributed by atoms with E-state index in [0.717, 1.165) is 75.8 Å². The zero-order valence-electron chi connectivity index (χ0n) is 21.0. The first-order valence-electron chi connectivity index (χ1n) is 12.7. The minimum absolute atomic E-state index is 0.128. The molecule has 0 aliphatic carbocycles. The second-order valence-corrected chi connectivity index (χ2v) is 10.2. The van der Waals surface area contributed by atoms with E-state index in [-0.39, 0.29) is 5.91 Å². The molecule has 0 unspecified atom stereocenters. The minimum Gasteiger partial charge on any atom is -0.491 e. The Kier molecular flexibility index (Phi) is 9.05. The Balaban J connectivity index is 1.44. The Bertz CT molecular complexity index is 945. The van der Waals surface area contributed by atoms with Gasteiger partial charge in [-0.2, -0.15) is 0 Å². The van der Waals surface area contributed by atoms with E-state index in [1.165, 1.54) is 0 Å². The van der Waals surface area contributed by atoms with Gasteiger partial charge in [0.1, 0.15) is 23.8 Å². The van der Waals surface area contributed by atoms with Crippen molar-refractivity contribution in [2.45, 2.75) is 44.8 Å². The average molecular weight is 504 g/mol. The molecule has 2 aliphatic rings. The van der Waals surface area contributed by atoms with Crippen molar-refractivity contribution in [1.82, 2.24) is 24.7 Å². The number of likely N-dealkylation sites (N-methyl/N-ethyl adjacent to an activating group) is 1. The number of halogens is 1. The lowest BCUT2D eigenvalue weighted by Gasteiger charge is -2.43. The lowest BCUT2D eigenvalue weighted by atomic mass is 9.96. The highest BCUT2D eigenvalue weighted by Gasteiger charge is 2.41.